The Hall–Kier alpha value is -2.41. The summed E-state index contributed by atoms with van der Waals surface area (Å²) in [6.45, 7) is 8.74. The van der Waals surface area contributed by atoms with Crippen LogP contribution in [0, 0.1) is 5.92 Å². The second-order valence-corrected chi connectivity index (χ2v) is 9.78. The van der Waals surface area contributed by atoms with Gasteiger partial charge in [0, 0.05) is 30.6 Å². The molecule has 0 unspecified atom stereocenters. The van der Waals surface area contributed by atoms with Crippen molar-refractivity contribution < 1.29 is 9.53 Å². The van der Waals surface area contributed by atoms with E-state index in [1.807, 2.05) is 32.0 Å². The highest BCUT2D eigenvalue weighted by atomic mass is 35.5. The lowest BCUT2D eigenvalue weighted by molar-refractivity contribution is -0.126. The average molecular weight is 483 g/mol. The molecule has 2 heterocycles. The number of amides is 1. The van der Waals surface area contributed by atoms with Gasteiger partial charge in [-0.05, 0) is 70.0 Å². The van der Waals surface area contributed by atoms with E-state index in [1.54, 1.807) is 0 Å². The van der Waals surface area contributed by atoms with Crippen LogP contribution in [0.25, 0.3) is 11.0 Å². The molecule has 7 heteroatoms. The van der Waals surface area contributed by atoms with Crippen LogP contribution >= 0.6 is 11.6 Å². The Morgan fingerprint density at radius 3 is 2.65 bits per heavy atom. The quantitative estimate of drug-likeness (QED) is 0.418. The number of benzene rings is 2. The van der Waals surface area contributed by atoms with Crippen LogP contribution in [0.2, 0.25) is 5.02 Å². The predicted molar refractivity (Wildman–Crippen MR) is 137 cm³/mol. The summed E-state index contributed by atoms with van der Waals surface area (Å²) in [5, 5.41) is 3.78. The molecule has 1 aliphatic heterocycles. The molecule has 0 radical (unpaired) electrons. The van der Waals surface area contributed by atoms with Gasteiger partial charge >= 0.3 is 0 Å². The van der Waals surface area contributed by atoms with Gasteiger partial charge in [0.1, 0.15) is 5.82 Å². The fourth-order valence-corrected chi connectivity index (χ4v) is 4.68. The number of likely N-dealkylation sites (tertiary alicyclic amines) is 1. The largest absolute Gasteiger partial charge is 0.379 e. The zero-order valence-corrected chi connectivity index (χ0v) is 20.9. The molecule has 2 aromatic carbocycles. The molecule has 4 rings (SSSR count). The molecule has 1 N–H and O–H groups in total. The van der Waals surface area contributed by atoms with Gasteiger partial charge in [-0.1, -0.05) is 41.9 Å². The number of fused-ring (bicyclic) bond motifs is 1. The number of piperidine rings is 1. The first-order valence-corrected chi connectivity index (χ1v) is 12.7. The number of hydrogen-bond donors (Lipinski definition) is 1. The SMILES string of the molecule is CC(C)OCCCNC(=O)C1CCN(Cc2nc3cc(Cl)ccc3n2Cc2ccccc2)CC1. The molecule has 3 aromatic rings. The number of nitrogens with zero attached hydrogens (tertiary/aromatic N) is 3. The summed E-state index contributed by atoms with van der Waals surface area (Å²) in [7, 11) is 0. The Balaban J connectivity index is 1.35. The van der Waals surface area contributed by atoms with E-state index in [9.17, 15) is 4.79 Å². The summed E-state index contributed by atoms with van der Waals surface area (Å²) in [6.07, 6.45) is 2.83. The highest BCUT2D eigenvalue weighted by Gasteiger charge is 2.26. The van der Waals surface area contributed by atoms with Gasteiger partial charge in [-0.25, -0.2) is 4.98 Å². The first-order valence-electron chi connectivity index (χ1n) is 12.3. The highest BCUT2D eigenvalue weighted by Crippen LogP contribution is 2.24. The average Bonchev–Trinajstić information content (AvgIpc) is 3.15. The number of rotatable bonds is 10. The van der Waals surface area contributed by atoms with Gasteiger partial charge in [0.05, 0.1) is 23.7 Å². The molecule has 1 saturated heterocycles. The third-order valence-electron chi connectivity index (χ3n) is 6.37. The molecule has 0 bridgehead atoms. The predicted octanol–water partition coefficient (Wildman–Crippen LogP) is 4.88. The molecule has 0 saturated carbocycles. The number of ether oxygens (including phenoxy) is 1. The van der Waals surface area contributed by atoms with Gasteiger partial charge in [0.2, 0.25) is 5.91 Å². The van der Waals surface area contributed by atoms with Crippen molar-refractivity contribution in [3.63, 3.8) is 0 Å². The van der Waals surface area contributed by atoms with E-state index >= 15 is 0 Å². The summed E-state index contributed by atoms with van der Waals surface area (Å²) in [5.74, 6) is 1.30. The summed E-state index contributed by atoms with van der Waals surface area (Å²) >= 11 is 6.24. The van der Waals surface area contributed by atoms with Gasteiger partial charge in [-0.15, -0.1) is 0 Å². The summed E-state index contributed by atoms with van der Waals surface area (Å²) in [4.78, 5) is 19.9. The van der Waals surface area contributed by atoms with Crippen LogP contribution in [-0.4, -0.2) is 52.7 Å². The van der Waals surface area contributed by atoms with E-state index in [0.717, 1.165) is 62.3 Å². The standard InChI is InChI=1S/C27H35ClN4O2/c1-20(2)34-16-6-13-29-27(33)22-11-14-31(15-12-22)19-26-30-24-17-23(28)9-10-25(24)32(26)18-21-7-4-3-5-8-21/h3-5,7-10,17,20,22H,6,11-16,18-19H2,1-2H3,(H,29,33). The Morgan fingerprint density at radius 1 is 1.15 bits per heavy atom. The Labute approximate surface area is 207 Å². The van der Waals surface area contributed by atoms with Gasteiger partial charge in [0.15, 0.2) is 0 Å². The lowest BCUT2D eigenvalue weighted by Gasteiger charge is -2.31. The fourth-order valence-electron chi connectivity index (χ4n) is 4.52. The van der Waals surface area contributed by atoms with E-state index in [2.05, 4.69) is 45.1 Å². The van der Waals surface area contributed by atoms with Crippen molar-refractivity contribution in [1.29, 1.82) is 0 Å². The van der Waals surface area contributed by atoms with Gasteiger partial charge in [-0.2, -0.15) is 0 Å². The van der Waals surface area contributed by atoms with Crippen molar-refractivity contribution in [2.75, 3.05) is 26.2 Å². The normalized spacial score (nSPS) is 15.3. The summed E-state index contributed by atoms with van der Waals surface area (Å²) in [5.41, 5.74) is 3.26. The molecule has 1 fully saturated rings. The first kappa shape index (κ1) is 24.7. The zero-order chi connectivity index (χ0) is 23.9. The number of imidazole rings is 1. The van der Waals surface area contributed by atoms with Crippen molar-refractivity contribution in [2.24, 2.45) is 5.92 Å². The van der Waals surface area contributed by atoms with E-state index in [4.69, 9.17) is 21.3 Å². The third-order valence-corrected chi connectivity index (χ3v) is 6.60. The number of carbonyl (C=O) groups excluding carboxylic acids is 1. The van der Waals surface area contributed by atoms with Crippen LogP contribution in [0.1, 0.15) is 44.5 Å². The Bertz CT molecular complexity index is 1070. The number of nitrogens with one attached hydrogen (secondary N) is 1. The first-order chi connectivity index (χ1) is 16.5. The lowest BCUT2D eigenvalue weighted by Crippen LogP contribution is -2.41. The van der Waals surface area contributed by atoms with Crippen LogP contribution < -0.4 is 5.32 Å². The second-order valence-electron chi connectivity index (χ2n) is 9.35. The summed E-state index contributed by atoms with van der Waals surface area (Å²) in [6, 6.07) is 16.4. The zero-order valence-electron chi connectivity index (χ0n) is 20.2. The van der Waals surface area contributed by atoms with E-state index in [1.165, 1.54) is 5.56 Å². The number of carbonyl (C=O) groups is 1. The molecular weight excluding hydrogens is 448 g/mol. The van der Waals surface area contributed by atoms with Crippen LogP contribution in [0.5, 0.6) is 0 Å². The van der Waals surface area contributed by atoms with E-state index < -0.39 is 0 Å². The van der Waals surface area contributed by atoms with Gasteiger partial charge in [-0.3, -0.25) is 9.69 Å². The van der Waals surface area contributed by atoms with Crippen LogP contribution in [0.15, 0.2) is 48.5 Å². The molecule has 0 aliphatic carbocycles. The maximum absolute atomic E-state index is 12.6. The molecule has 0 atom stereocenters. The number of aromatic nitrogens is 2. The van der Waals surface area contributed by atoms with Crippen molar-refractivity contribution >= 4 is 28.5 Å². The number of hydrogen-bond acceptors (Lipinski definition) is 4. The topological polar surface area (TPSA) is 59.4 Å². The fraction of sp³-hybridized carbons (Fsp3) is 0.481. The highest BCUT2D eigenvalue weighted by molar-refractivity contribution is 6.31. The van der Waals surface area contributed by atoms with Crippen molar-refractivity contribution in [3.8, 4) is 0 Å². The smallest absolute Gasteiger partial charge is 0.223 e. The molecule has 1 amide bonds. The van der Waals surface area contributed by atoms with E-state index in [-0.39, 0.29) is 17.9 Å². The maximum atomic E-state index is 12.6. The van der Waals surface area contributed by atoms with Crippen molar-refractivity contribution in [1.82, 2.24) is 19.8 Å². The third kappa shape index (κ3) is 6.59. The van der Waals surface area contributed by atoms with Gasteiger partial charge < -0.3 is 14.6 Å². The minimum absolute atomic E-state index is 0.0872. The molecule has 6 nitrogen and oxygen atoms in total. The molecule has 182 valence electrons. The molecule has 0 spiro atoms. The maximum Gasteiger partial charge on any atom is 0.223 e. The molecular formula is C27H35ClN4O2. The van der Waals surface area contributed by atoms with Crippen LogP contribution in [-0.2, 0) is 22.6 Å². The molecule has 1 aliphatic rings. The number of halogens is 1. The lowest BCUT2D eigenvalue weighted by atomic mass is 9.96. The molecule has 34 heavy (non-hydrogen) atoms. The Morgan fingerprint density at radius 2 is 1.91 bits per heavy atom. The minimum atomic E-state index is 0.0872. The molecule has 1 aromatic heterocycles. The van der Waals surface area contributed by atoms with Crippen LogP contribution in [0.4, 0.5) is 0 Å². The monoisotopic (exact) mass is 482 g/mol. The van der Waals surface area contributed by atoms with E-state index in [0.29, 0.717) is 18.2 Å². The minimum Gasteiger partial charge on any atom is -0.379 e. The van der Waals surface area contributed by atoms with Crippen LogP contribution in [0.3, 0.4) is 0 Å². The van der Waals surface area contributed by atoms with Crippen molar-refractivity contribution in [3.05, 3.63) is 64.9 Å². The Kier molecular flexibility index (Phi) is 8.59. The second kappa shape index (κ2) is 11.8. The van der Waals surface area contributed by atoms with Gasteiger partial charge in [0.25, 0.3) is 0 Å². The summed E-state index contributed by atoms with van der Waals surface area (Å²) < 4.78 is 7.83. The van der Waals surface area contributed by atoms with Crippen molar-refractivity contribution in [2.45, 2.75) is 52.3 Å².